The van der Waals surface area contributed by atoms with Crippen LogP contribution in [-0.4, -0.2) is 40.2 Å². The van der Waals surface area contributed by atoms with Gasteiger partial charge in [0.2, 0.25) is 5.89 Å². The summed E-state index contributed by atoms with van der Waals surface area (Å²) in [5, 5.41) is 12.7. The first-order chi connectivity index (χ1) is 11.7. The summed E-state index contributed by atoms with van der Waals surface area (Å²) in [6.45, 7) is 9.25. The minimum Gasteiger partial charge on any atom is -0.440 e. The summed E-state index contributed by atoms with van der Waals surface area (Å²) in [6, 6.07) is 5.36. The quantitative estimate of drug-likeness (QED) is 0.869. The number of rotatable bonds is 2. The first kappa shape index (κ1) is 17.7. The first-order valence-corrected chi connectivity index (χ1v) is 8.89. The summed E-state index contributed by atoms with van der Waals surface area (Å²) >= 11 is 0. The molecule has 2 heterocycles. The smallest absolute Gasteiger partial charge is 0.321 e. The van der Waals surface area contributed by atoms with E-state index in [1.165, 1.54) is 0 Å². The highest BCUT2D eigenvalue weighted by atomic mass is 16.3. The van der Waals surface area contributed by atoms with E-state index in [9.17, 15) is 9.90 Å². The van der Waals surface area contributed by atoms with Crippen LogP contribution < -0.4 is 5.32 Å². The molecule has 0 radical (unpaired) electrons. The first-order valence-electron chi connectivity index (χ1n) is 8.89. The van der Waals surface area contributed by atoms with E-state index in [0.717, 1.165) is 30.5 Å². The average Bonchev–Trinajstić information content (AvgIpc) is 2.98. The molecule has 0 spiro atoms. The van der Waals surface area contributed by atoms with Crippen LogP contribution in [0, 0.1) is 5.92 Å². The number of aliphatic hydroxyl groups is 1. The topological polar surface area (TPSA) is 78.6 Å². The molecule has 0 bridgehead atoms. The van der Waals surface area contributed by atoms with Crippen LogP contribution in [0.25, 0.3) is 11.1 Å². The number of anilines is 1. The zero-order chi connectivity index (χ0) is 18.2. The van der Waals surface area contributed by atoms with Crippen LogP contribution in [0.5, 0.6) is 0 Å². The molecule has 25 heavy (non-hydrogen) atoms. The summed E-state index contributed by atoms with van der Waals surface area (Å²) in [6.07, 6.45) is 1.49. The number of aliphatic hydroxyl groups excluding tert-OH is 1. The number of urea groups is 1. The van der Waals surface area contributed by atoms with Crippen molar-refractivity contribution in [2.75, 3.05) is 18.4 Å². The number of nitrogens with zero attached hydrogens (tertiary/aromatic N) is 2. The van der Waals surface area contributed by atoms with Gasteiger partial charge in [0, 0.05) is 30.1 Å². The number of aromatic nitrogens is 1. The molecule has 6 heteroatoms. The number of amides is 2. The fraction of sp³-hybridized carbons (Fsp3) is 0.579. The number of piperidine rings is 1. The van der Waals surface area contributed by atoms with Crippen LogP contribution >= 0.6 is 0 Å². The lowest BCUT2D eigenvalue weighted by Gasteiger charge is -2.34. The van der Waals surface area contributed by atoms with Gasteiger partial charge in [0.25, 0.3) is 0 Å². The largest absolute Gasteiger partial charge is 0.440 e. The number of hydrogen-bond donors (Lipinski definition) is 2. The maximum atomic E-state index is 12.5. The summed E-state index contributed by atoms with van der Waals surface area (Å²) in [4.78, 5) is 18.8. The van der Waals surface area contributed by atoms with Crippen LogP contribution in [0.4, 0.5) is 10.5 Å². The fourth-order valence-electron chi connectivity index (χ4n) is 3.12. The lowest BCUT2D eigenvalue weighted by atomic mass is 9.94. The van der Waals surface area contributed by atoms with Gasteiger partial charge in [-0.15, -0.1) is 0 Å². The summed E-state index contributed by atoms with van der Waals surface area (Å²) in [7, 11) is 0. The van der Waals surface area contributed by atoms with Crippen molar-refractivity contribution in [1.82, 2.24) is 9.88 Å². The molecule has 2 atom stereocenters. The van der Waals surface area contributed by atoms with Crippen molar-refractivity contribution in [2.24, 2.45) is 5.92 Å². The predicted octanol–water partition coefficient (Wildman–Crippen LogP) is 3.75. The third-order valence-corrected chi connectivity index (χ3v) is 4.71. The van der Waals surface area contributed by atoms with Gasteiger partial charge in [-0.3, -0.25) is 0 Å². The van der Waals surface area contributed by atoms with Gasteiger partial charge in [-0.25, -0.2) is 9.78 Å². The number of carbonyl (C=O) groups is 1. The zero-order valence-electron chi connectivity index (χ0n) is 15.4. The third-order valence-electron chi connectivity index (χ3n) is 4.71. The summed E-state index contributed by atoms with van der Waals surface area (Å²) < 4.78 is 5.79. The Morgan fingerprint density at radius 1 is 1.44 bits per heavy atom. The minimum absolute atomic E-state index is 0.135. The Hall–Kier alpha value is -2.08. The Labute approximate surface area is 148 Å². The van der Waals surface area contributed by atoms with Crippen molar-refractivity contribution >= 4 is 22.8 Å². The van der Waals surface area contributed by atoms with Gasteiger partial charge in [-0.05, 0) is 38.0 Å². The van der Waals surface area contributed by atoms with Gasteiger partial charge < -0.3 is 19.7 Å². The van der Waals surface area contributed by atoms with Crippen LogP contribution in [0.2, 0.25) is 0 Å². The molecule has 2 N–H and O–H groups in total. The maximum absolute atomic E-state index is 12.5. The van der Waals surface area contributed by atoms with Crippen LogP contribution in [0.3, 0.4) is 0 Å². The van der Waals surface area contributed by atoms with E-state index in [1.54, 1.807) is 11.8 Å². The second kappa shape index (κ2) is 6.67. The molecule has 1 aliphatic rings. The highest BCUT2D eigenvalue weighted by Crippen LogP contribution is 2.27. The normalized spacial score (nSPS) is 19.9. The second-order valence-electron chi connectivity index (χ2n) is 7.97. The molecule has 2 aromatic rings. The molecular formula is C19H27N3O3. The lowest BCUT2D eigenvalue weighted by Crippen LogP contribution is -2.44. The van der Waals surface area contributed by atoms with E-state index < -0.39 is 6.10 Å². The van der Waals surface area contributed by atoms with E-state index >= 15 is 0 Å². The summed E-state index contributed by atoms with van der Waals surface area (Å²) in [5.41, 5.74) is 2.00. The molecule has 2 amide bonds. The van der Waals surface area contributed by atoms with E-state index in [1.807, 2.05) is 18.2 Å². The number of carbonyl (C=O) groups excluding carboxylic acids is 1. The lowest BCUT2D eigenvalue weighted by molar-refractivity contribution is 0.0766. The van der Waals surface area contributed by atoms with Crippen molar-refractivity contribution in [3.8, 4) is 0 Å². The standard InChI is InChI=1S/C19H27N3O3/c1-12(23)13-6-5-9-22(11-13)18(24)20-14-7-8-16-15(10-14)21-17(25-16)19(2,3)4/h7-8,10,12-13,23H,5-6,9,11H2,1-4H3,(H,20,24). The Morgan fingerprint density at radius 3 is 2.88 bits per heavy atom. The second-order valence-corrected chi connectivity index (χ2v) is 7.97. The molecular weight excluding hydrogens is 318 g/mol. The van der Waals surface area contributed by atoms with Gasteiger partial charge in [0.15, 0.2) is 5.58 Å². The predicted molar refractivity (Wildman–Crippen MR) is 97.7 cm³/mol. The van der Waals surface area contributed by atoms with E-state index in [-0.39, 0.29) is 17.4 Å². The number of benzene rings is 1. The van der Waals surface area contributed by atoms with Crippen LogP contribution in [0.1, 0.15) is 46.4 Å². The molecule has 3 rings (SSSR count). The van der Waals surface area contributed by atoms with Gasteiger partial charge in [-0.2, -0.15) is 0 Å². The van der Waals surface area contributed by atoms with Gasteiger partial charge in [0.1, 0.15) is 5.52 Å². The van der Waals surface area contributed by atoms with Gasteiger partial charge >= 0.3 is 6.03 Å². The number of nitrogens with one attached hydrogen (secondary N) is 1. The molecule has 1 aromatic carbocycles. The molecule has 0 saturated carbocycles. The maximum Gasteiger partial charge on any atom is 0.321 e. The van der Waals surface area contributed by atoms with E-state index in [2.05, 4.69) is 31.1 Å². The van der Waals surface area contributed by atoms with Crippen molar-refractivity contribution in [1.29, 1.82) is 0 Å². The van der Waals surface area contributed by atoms with Crippen molar-refractivity contribution in [2.45, 2.75) is 52.1 Å². The zero-order valence-corrected chi connectivity index (χ0v) is 15.4. The Bertz CT molecular complexity index is 761. The molecule has 2 unspecified atom stereocenters. The van der Waals surface area contributed by atoms with E-state index in [0.29, 0.717) is 18.1 Å². The highest BCUT2D eigenvalue weighted by Gasteiger charge is 2.26. The number of fused-ring (bicyclic) bond motifs is 1. The van der Waals surface area contributed by atoms with Gasteiger partial charge in [-0.1, -0.05) is 20.8 Å². The summed E-state index contributed by atoms with van der Waals surface area (Å²) in [5.74, 6) is 0.827. The Kier molecular flexibility index (Phi) is 4.73. The van der Waals surface area contributed by atoms with E-state index in [4.69, 9.17) is 4.42 Å². The third kappa shape index (κ3) is 3.95. The Morgan fingerprint density at radius 2 is 2.20 bits per heavy atom. The van der Waals surface area contributed by atoms with Gasteiger partial charge in [0.05, 0.1) is 6.10 Å². The number of hydrogen-bond acceptors (Lipinski definition) is 4. The monoisotopic (exact) mass is 345 g/mol. The molecule has 1 aliphatic heterocycles. The molecule has 1 aromatic heterocycles. The minimum atomic E-state index is -0.391. The molecule has 1 saturated heterocycles. The SMILES string of the molecule is CC(O)C1CCCN(C(=O)Nc2ccc3oc(C(C)(C)C)nc3c2)C1. The van der Waals surface area contributed by atoms with Crippen molar-refractivity contribution in [3.05, 3.63) is 24.1 Å². The van der Waals surface area contributed by atoms with Crippen LogP contribution in [-0.2, 0) is 5.41 Å². The van der Waals surface area contributed by atoms with Crippen molar-refractivity contribution in [3.63, 3.8) is 0 Å². The fourth-order valence-corrected chi connectivity index (χ4v) is 3.12. The average molecular weight is 345 g/mol. The number of likely N-dealkylation sites (tertiary alicyclic amines) is 1. The molecule has 6 nitrogen and oxygen atoms in total. The van der Waals surface area contributed by atoms with Crippen molar-refractivity contribution < 1.29 is 14.3 Å². The van der Waals surface area contributed by atoms with Crippen LogP contribution in [0.15, 0.2) is 22.6 Å². The Balaban J connectivity index is 1.73. The molecule has 1 fully saturated rings. The number of oxazole rings is 1. The molecule has 0 aliphatic carbocycles. The molecule has 136 valence electrons. The highest BCUT2D eigenvalue weighted by molar-refractivity contribution is 5.91.